The summed E-state index contributed by atoms with van der Waals surface area (Å²) in [6.45, 7) is 0. The number of carbonyl (C=O) groups is 1. The van der Waals surface area contributed by atoms with Crippen LogP contribution in [0.4, 0.5) is 5.69 Å². The number of carboxylic acids is 1. The summed E-state index contributed by atoms with van der Waals surface area (Å²) in [7, 11) is -2.59. The molecule has 1 aliphatic rings. The number of fused-ring (bicyclic) bond motifs is 1. The Morgan fingerprint density at radius 2 is 1.88 bits per heavy atom. The second-order valence-electron chi connectivity index (χ2n) is 5.45. The standard InChI is InChI=1S/C16H13Cl2NO5S/c1-19(10-5-3-2-4-6-10)25(22,23)12-8-9-7-11(16(20)21)24-15(9)14(18)13(12)17/h2-6,8,11H,7H2,1H3,(H,20,21). The van der Waals surface area contributed by atoms with Gasteiger partial charge in [0.2, 0.25) is 0 Å². The fourth-order valence-electron chi connectivity index (χ4n) is 2.55. The molecule has 0 radical (unpaired) electrons. The summed E-state index contributed by atoms with van der Waals surface area (Å²) in [5, 5.41) is 8.78. The molecule has 1 N–H and O–H groups in total. The highest BCUT2D eigenvalue weighted by atomic mass is 35.5. The maximum absolute atomic E-state index is 12.9. The van der Waals surface area contributed by atoms with Gasteiger partial charge < -0.3 is 9.84 Å². The van der Waals surface area contributed by atoms with Crippen molar-refractivity contribution in [3.63, 3.8) is 0 Å². The zero-order valence-corrected chi connectivity index (χ0v) is 15.3. The Bertz CT molecular complexity index is 947. The van der Waals surface area contributed by atoms with Crippen molar-refractivity contribution in [1.82, 2.24) is 0 Å². The van der Waals surface area contributed by atoms with E-state index in [0.29, 0.717) is 11.3 Å². The molecule has 1 atom stereocenters. The van der Waals surface area contributed by atoms with Crippen LogP contribution in [-0.4, -0.2) is 32.6 Å². The SMILES string of the molecule is CN(c1ccccc1)S(=O)(=O)c1cc2c(c(Cl)c1Cl)OC(C(=O)O)C2. The van der Waals surface area contributed by atoms with E-state index in [1.54, 1.807) is 30.3 Å². The quantitative estimate of drug-likeness (QED) is 0.849. The minimum Gasteiger partial charge on any atom is -0.478 e. The molecule has 3 rings (SSSR count). The van der Waals surface area contributed by atoms with Crippen LogP contribution in [0.15, 0.2) is 41.3 Å². The second kappa shape index (κ2) is 6.40. The fourth-order valence-corrected chi connectivity index (χ4v) is 4.62. The summed E-state index contributed by atoms with van der Waals surface area (Å²) < 4.78 is 32.2. The Labute approximate surface area is 154 Å². The number of aliphatic carboxylic acids is 1. The highest BCUT2D eigenvalue weighted by molar-refractivity contribution is 7.93. The van der Waals surface area contributed by atoms with E-state index in [2.05, 4.69) is 0 Å². The molecule has 0 bridgehead atoms. The number of ether oxygens (including phenoxy) is 1. The summed E-state index contributed by atoms with van der Waals surface area (Å²) in [4.78, 5) is 10.9. The molecule has 2 aromatic rings. The molecule has 0 aromatic heterocycles. The number of rotatable bonds is 4. The molecule has 0 spiro atoms. The van der Waals surface area contributed by atoms with Crippen LogP contribution in [0, 0.1) is 0 Å². The minimum atomic E-state index is -3.99. The van der Waals surface area contributed by atoms with E-state index in [0.717, 1.165) is 4.31 Å². The summed E-state index contributed by atoms with van der Waals surface area (Å²) in [6, 6.07) is 9.80. The van der Waals surface area contributed by atoms with Gasteiger partial charge in [-0.15, -0.1) is 0 Å². The molecule has 0 amide bonds. The van der Waals surface area contributed by atoms with Gasteiger partial charge in [0.1, 0.15) is 15.7 Å². The largest absolute Gasteiger partial charge is 0.478 e. The first-order chi connectivity index (χ1) is 11.7. The molecule has 1 aliphatic heterocycles. The number of para-hydroxylation sites is 1. The molecular formula is C16H13Cl2NO5S. The van der Waals surface area contributed by atoms with Crippen LogP contribution in [0.3, 0.4) is 0 Å². The van der Waals surface area contributed by atoms with Crippen LogP contribution >= 0.6 is 23.2 Å². The number of nitrogens with zero attached hydrogens (tertiary/aromatic N) is 1. The van der Waals surface area contributed by atoms with E-state index in [9.17, 15) is 13.2 Å². The lowest BCUT2D eigenvalue weighted by atomic mass is 10.1. The van der Waals surface area contributed by atoms with E-state index >= 15 is 0 Å². The molecule has 132 valence electrons. The fraction of sp³-hybridized carbons (Fsp3) is 0.188. The first-order valence-corrected chi connectivity index (χ1v) is 9.37. The highest BCUT2D eigenvalue weighted by Crippen LogP contribution is 2.44. The van der Waals surface area contributed by atoms with Gasteiger partial charge in [0.15, 0.2) is 6.10 Å². The number of carboxylic acid groups (broad SMARTS) is 1. The maximum Gasteiger partial charge on any atom is 0.345 e. The number of anilines is 1. The lowest BCUT2D eigenvalue weighted by Crippen LogP contribution is -2.27. The Kier molecular flexibility index (Phi) is 4.57. The van der Waals surface area contributed by atoms with Crippen molar-refractivity contribution in [2.24, 2.45) is 0 Å². The normalized spacial score (nSPS) is 16.2. The molecule has 1 heterocycles. The van der Waals surface area contributed by atoms with Crippen molar-refractivity contribution in [2.75, 3.05) is 11.4 Å². The van der Waals surface area contributed by atoms with Gasteiger partial charge in [-0.3, -0.25) is 4.31 Å². The summed E-state index contributed by atoms with van der Waals surface area (Å²) in [5.74, 6) is -1.05. The van der Waals surface area contributed by atoms with E-state index in [-0.39, 0.29) is 27.1 Å². The van der Waals surface area contributed by atoms with Crippen LogP contribution < -0.4 is 9.04 Å². The van der Waals surface area contributed by atoms with Gasteiger partial charge in [-0.25, -0.2) is 13.2 Å². The van der Waals surface area contributed by atoms with Gasteiger partial charge >= 0.3 is 5.97 Å². The Hall–Kier alpha value is -1.96. The van der Waals surface area contributed by atoms with Crippen LogP contribution in [-0.2, 0) is 21.2 Å². The second-order valence-corrected chi connectivity index (χ2v) is 8.14. The maximum atomic E-state index is 12.9. The Morgan fingerprint density at radius 3 is 2.48 bits per heavy atom. The molecule has 0 fully saturated rings. The topological polar surface area (TPSA) is 83.9 Å². The van der Waals surface area contributed by atoms with Crippen molar-refractivity contribution in [3.8, 4) is 5.75 Å². The lowest BCUT2D eigenvalue weighted by molar-refractivity contribution is -0.144. The summed E-state index contributed by atoms with van der Waals surface area (Å²) in [5.41, 5.74) is 0.844. The van der Waals surface area contributed by atoms with Crippen molar-refractivity contribution in [1.29, 1.82) is 0 Å². The van der Waals surface area contributed by atoms with Crippen molar-refractivity contribution in [3.05, 3.63) is 52.0 Å². The number of sulfonamides is 1. The molecule has 0 aliphatic carbocycles. The van der Waals surface area contributed by atoms with Crippen molar-refractivity contribution >= 4 is 44.9 Å². The first-order valence-electron chi connectivity index (χ1n) is 7.17. The third-order valence-electron chi connectivity index (χ3n) is 3.90. The molecule has 9 heteroatoms. The van der Waals surface area contributed by atoms with E-state index in [4.69, 9.17) is 33.0 Å². The summed E-state index contributed by atoms with van der Waals surface area (Å²) >= 11 is 12.3. The van der Waals surface area contributed by atoms with Gasteiger partial charge in [0, 0.05) is 19.0 Å². The van der Waals surface area contributed by atoms with Crippen LogP contribution in [0.25, 0.3) is 0 Å². The number of hydrogen-bond acceptors (Lipinski definition) is 4. The molecule has 0 saturated heterocycles. The van der Waals surface area contributed by atoms with Gasteiger partial charge in [0.05, 0.1) is 10.7 Å². The molecular weight excluding hydrogens is 389 g/mol. The molecule has 6 nitrogen and oxygen atoms in total. The van der Waals surface area contributed by atoms with Crippen LogP contribution in [0.2, 0.25) is 10.0 Å². The molecule has 25 heavy (non-hydrogen) atoms. The minimum absolute atomic E-state index is 0.0130. The zero-order chi connectivity index (χ0) is 18.4. The predicted molar refractivity (Wildman–Crippen MR) is 94.2 cm³/mol. The lowest BCUT2D eigenvalue weighted by Gasteiger charge is -2.21. The van der Waals surface area contributed by atoms with Gasteiger partial charge in [0.25, 0.3) is 10.0 Å². The van der Waals surface area contributed by atoms with E-state index in [1.165, 1.54) is 13.1 Å². The first kappa shape index (κ1) is 17.8. The smallest absolute Gasteiger partial charge is 0.345 e. The molecule has 1 unspecified atom stereocenters. The number of hydrogen-bond donors (Lipinski definition) is 1. The monoisotopic (exact) mass is 401 g/mol. The number of benzene rings is 2. The van der Waals surface area contributed by atoms with Gasteiger partial charge in [-0.05, 0) is 18.2 Å². The molecule has 0 saturated carbocycles. The van der Waals surface area contributed by atoms with E-state index < -0.39 is 22.1 Å². The summed E-state index contributed by atoms with van der Waals surface area (Å²) in [6.07, 6.45) is -1.10. The number of halogens is 2. The predicted octanol–water partition coefficient (Wildman–Crippen LogP) is 3.21. The highest BCUT2D eigenvalue weighted by Gasteiger charge is 2.35. The average molecular weight is 402 g/mol. The van der Waals surface area contributed by atoms with Gasteiger partial charge in [-0.2, -0.15) is 0 Å². The molecule has 2 aromatic carbocycles. The average Bonchev–Trinajstić information content (AvgIpc) is 3.03. The Morgan fingerprint density at radius 1 is 1.24 bits per heavy atom. The van der Waals surface area contributed by atoms with Crippen LogP contribution in [0.1, 0.15) is 5.56 Å². The van der Waals surface area contributed by atoms with Crippen molar-refractivity contribution in [2.45, 2.75) is 17.4 Å². The third kappa shape index (κ3) is 3.03. The third-order valence-corrected chi connectivity index (χ3v) is 6.68. The van der Waals surface area contributed by atoms with Gasteiger partial charge in [-0.1, -0.05) is 41.4 Å². The Balaban J connectivity index is 2.08. The van der Waals surface area contributed by atoms with Crippen molar-refractivity contribution < 1.29 is 23.1 Å². The zero-order valence-electron chi connectivity index (χ0n) is 12.9. The van der Waals surface area contributed by atoms with Crippen LogP contribution in [0.5, 0.6) is 5.75 Å². The van der Waals surface area contributed by atoms with E-state index in [1.807, 2.05) is 0 Å².